The number of carbonyl (C=O) groups is 2. The van der Waals surface area contributed by atoms with Gasteiger partial charge in [-0.05, 0) is 12.1 Å². The maximum absolute atomic E-state index is 13.2. The molecule has 2 aromatic rings. The molecular weight excluding hydrogens is 396 g/mol. The number of amides is 2. The largest absolute Gasteiger partial charge is 0.350 e. The summed E-state index contributed by atoms with van der Waals surface area (Å²) in [6.45, 7) is -0.0685. The van der Waals surface area contributed by atoms with Crippen LogP contribution in [0.5, 0.6) is 0 Å². The number of halogens is 2. The smallest absolute Gasteiger partial charge is 0.246 e. The lowest BCUT2D eigenvalue weighted by Gasteiger charge is -2.08. The van der Waals surface area contributed by atoms with Crippen molar-refractivity contribution in [1.82, 2.24) is 20.3 Å². The third-order valence-corrected chi connectivity index (χ3v) is 4.31. The van der Waals surface area contributed by atoms with Crippen molar-refractivity contribution in [2.24, 2.45) is 10.2 Å². The van der Waals surface area contributed by atoms with Crippen molar-refractivity contribution < 1.29 is 18.4 Å². The molecule has 11 heteroatoms. The number of rotatable bonds is 10. The number of hydrogen-bond acceptors (Lipinski definition) is 6. The number of hydrogen-bond donors (Lipinski definition) is 2. The second-order valence-electron chi connectivity index (χ2n) is 6.78. The Labute approximate surface area is 170 Å². The molecule has 0 bridgehead atoms. The fourth-order valence-corrected chi connectivity index (χ4v) is 2.73. The molecule has 2 amide bonds. The van der Waals surface area contributed by atoms with Gasteiger partial charge in [-0.25, -0.2) is 13.5 Å². The van der Waals surface area contributed by atoms with E-state index in [1.165, 1.54) is 10.9 Å². The van der Waals surface area contributed by atoms with E-state index in [1.54, 1.807) is 0 Å². The first-order valence-corrected chi connectivity index (χ1v) is 9.17. The molecular formula is C19H19F2N7O2. The zero-order chi connectivity index (χ0) is 21.6. The number of carbonyl (C=O) groups excluding carboxylic acids is 2. The van der Waals surface area contributed by atoms with E-state index < -0.39 is 23.2 Å². The van der Waals surface area contributed by atoms with Crippen LogP contribution < -0.4 is 10.6 Å². The summed E-state index contributed by atoms with van der Waals surface area (Å²) in [5.74, 6) is 0.220. The molecule has 0 aliphatic carbocycles. The van der Waals surface area contributed by atoms with Gasteiger partial charge >= 0.3 is 0 Å². The predicted octanol–water partition coefficient (Wildman–Crippen LogP) is 2.17. The minimum atomic E-state index is -0.796. The molecule has 1 aliphatic heterocycles. The number of nitrogens with one attached hydrogen (secondary N) is 2. The van der Waals surface area contributed by atoms with Crippen molar-refractivity contribution >= 4 is 17.5 Å². The van der Waals surface area contributed by atoms with Crippen molar-refractivity contribution in [2.75, 3.05) is 5.32 Å². The van der Waals surface area contributed by atoms with E-state index in [0.717, 1.165) is 12.1 Å². The van der Waals surface area contributed by atoms with Gasteiger partial charge in [-0.15, -0.1) is 17.4 Å². The van der Waals surface area contributed by atoms with Crippen LogP contribution in [0.3, 0.4) is 0 Å². The molecule has 9 nitrogen and oxygen atoms in total. The molecule has 1 aromatic carbocycles. The number of aromatic nitrogens is 3. The van der Waals surface area contributed by atoms with Gasteiger partial charge in [0, 0.05) is 37.4 Å². The van der Waals surface area contributed by atoms with Crippen molar-refractivity contribution in [1.29, 1.82) is 0 Å². The maximum Gasteiger partial charge on any atom is 0.246 e. The first-order chi connectivity index (χ1) is 14.4. The summed E-state index contributed by atoms with van der Waals surface area (Å²) < 4.78 is 27.6. The Bertz CT molecular complexity index is 986. The fraction of sp³-hybridized carbons (Fsp3) is 0.368. The van der Waals surface area contributed by atoms with Gasteiger partial charge in [0.25, 0.3) is 0 Å². The first kappa shape index (κ1) is 21.0. The lowest BCUT2D eigenvalue weighted by Crippen LogP contribution is -2.25. The van der Waals surface area contributed by atoms with E-state index in [0.29, 0.717) is 31.0 Å². The van der Waals surface area contributed by atoms with Crippen LogP contribution in [0.4, 0.5) is 14.5 Å². The summed E-state index contributed by atoms with van der Waals surface area (Å²) in [5.41, 5.74) is -0.0554. The molecule has 1 aromatic heterocycles. The highest BCUT2D eigenvalue weighted by molar-refractivity contribution is 5.90. The molecule has 0 fully saturated rings. The molecule has 0 spiro atoms. The Balaban J connectivity index is 1.41. The minimum Gasteiger partial charge on any atom is -0.350 e. The molecule has 1 aliphatic rings. The minimum absolute atomic E-state index is 0.000695. The molecule has 0 saturated heterocycles. The Kier molecular flexibility index (Phi) is 6.46. The summed E-state index contributed by atoms with van der Waals surface area (Å²) in [7, 11) is 0. The Morgan fingerprint density at radius 3 is 2.53 bits per heavy atom. The summed E-state index contributed by atoms with van der Waals surface area (Å²) in [6, 6.07) is 2.71. The van der Waals surface area contributed by atoms with Crippen LogP contribution in [-0.4, -0.2) is 32.5 Å². The lowest BCUT2D eigenvalue weighted by atomic mass is 10.0. The highest BCUT2D eigenvalue weighted by Gasteiger charge is 2.39. The molecule has 2 N–H and O–H groups in total. The van der Waals surface area contributed by atoms with Gasteiger partial charge < -0.3 is 10.6 Å². The monoisotopic (exact) mass is 415 g/mol. The lowest BCUT2D eigenvalue weighted by molar-refractivity contribution is -0.121. The van der Waals surface area contributed by atoms with E-state index in [1.807, 2.05) is 0 Å². The van der Waals surface area contributed by atoms with E-state index >= 15 is 0 Å². The summed E-state index contributed by atoms with van der Waals surface area (Å²) in [4.78, 5) is 24.0. The maximum atomic E-state index is 13.2. The topological polar surface area (TPSA) is 114 Å². The average Bonchev–Trinajstić information content (AvgIpc) is 3.32. The Morgan fingerprint density at radius 1 is 1.13 bits per heavy atom. The number of nitrogens with zero attached hydrogens (tertiary/aromatic N) is 5. The molecule has 2 heterocycles. The van der Waals surface area contributed by atoms with Crippen LogP contribution in [0, 0.1) is 24.0 Å². The average molecular weight is 415 g/mol. The van der Waals surface area contributed by atoms with Gasteiger partial charge in [-0.3, -0.25) is 9.59 Å². The Morgan fingerprint density at radius 2 is 1.87 bits per heavy atom. The van der Waals surface area contributed by atoms with E-state index in [4.69, 9.17) is 6.42 Å². The highest BCUT2D eigenvalue weighted by atomic mass is 19.1. The van der Waals surface area contributed by atoms with Crippen molar-refractivity contribution in [3.8, 4) is 12.3 Å². The van der Waals surface area contributed by atoms with Crippen molar-refractivity contribution in [2.45, 2.75) is 44.4 Å². The van der Waals surface area contributed by atoms with Crippen LogP contribution in [0.15, 0.2) is 34.6 Å². The Hall–Kier alpha value is -3.68. The van der Waals surface area contributed by atoms with E-state index in [2.05, 4.69) is 37.1 Å². The number of benzene rings is 1. The molecule has 30 heavy (non-hydrogen) atoms. The van der Waals surface area contributed by atoms with Crippen LogP contribution in [0.1, 0.15) is 31.4 Å². The predicted molar refractivity (Wildman–Crippen MR) is 102 cm³/mol. The van der Waals surface area contributed by atoms with Gasteiger partial charge in [0.1, 0.15) is 23.9 Å². The van der Waals surface area contributed by atoms with Gasteiger partial charge in [-0.1, -0.05) is 5.21 Å². The van der Waals surface area contributed by atoms with Crippen LogP contribution in [-0.2, 0) is 22.7 Å². The van der Waals surface area contributed by atoms with Crippen LogP contribution >= 0.6 is 0 Å². The first-order valence-electron chi connectivity index (χ1n) is 9.17. The van der Waals surface area contributed by atoms with Crippen molar-refractivity contribution in [3.63, 3.8) is 0 Å². The third kappa shape index (κ3) is 6.16. The van der Waals surface area contributed by atoms with Crippen LogP contribution in [0.2, 0.25) is 0 Å². The van der Waals surface area contributed by atoms with Crippen molar-refractivity contribution in [3.05, 3.63) is 41.7 Å². The second-order valence-corrected chi connectivity index (χ2v) is 6.78. The highest BCUT2D eigenvalue weighted by Crippen LogP contribution is 2.37. The summed E-state index contributed by atoms with van der Waals surface area (Å²) in [5, 5.41) is 20.7. The normalized spacial score (nSPS) is 13.5. The summed E-state index contributed by atoms with van der Waals surface area (Å²) in [6.07, 6.45) is 8.66. The third-order valence-electron chi connectivity index (χ3n) is 4.31. The molecule has 0 saturated carbocycles. The zero-order valence-electron chi connectivity index (χ0n) is 15.9. The zero-order valence-corrected chi connectivity index (χ0v) is 15.9. The molecule has 156 valence electrons. The standard InChI is InChI=1S/C19H19F2N7O2/c1-2-3-5-19(25-26-19)6-4-17(29)22-10-16-11-28(27-24-16)12-18(30)23-15-8-13(20)7-14(21)9-15/h1,7-9,11H,3-6,10,12H2,(H,22,29)(H,23,30). The van der Waals surface area contributed by atoms with E-state index in [9.17, 15) is 18.4 Å². The van der Waals surface area contributed by atoms with Gasteiger partial charge in [0.2, 0.25) is 11.8 Å². The molecule has 0 radical (unpaired) electrons. The SMILES string of the molecule is C#CCCC1(CCC(=O)NCc2cn(CC(=O)Nc3cc(F)cc(F)c3)nn2)N=N1. The molecule has 0 atom stereocenters. The number of anilines is 1. The molecule has 3 rings (SSSR count). The van der Waals surface area contributed by atoms with Gasteiger partial charge in [0.05, 0.1) is 12.7 Å². The number of terminal acetylenes is 1. The fourth-order valence-electron chi connectivity index (χ4n) is 2.73. The van der Waals surface area contributed by atoms with Crippen LogP contribution in [0.25, 0.3) is 0 Å². The summed E-state index contributed by atoms with van der Waals surface area (Å²) >= 11 is 0. The van der Waals surface area contributed by atoms with Gasteiger partial charge in [0.15, 0.2) is 5.66 Å². The van der Waals surface area contributed by atoms with Gasteiger partial charge in [-0.2, -0.15) is 10.2 Å². The van der Waals surface area contributed by atoms with E-state index in [-0.39, 0.29) is 31.1 Å². The quantitative estimate of drug-likeness (QED) is 0.579. The second kappa shape index (κ2) is 9.21. The molecule has 0 unspecified atom stereocenters.